The van der Waals surface area contributed by atoms with Crippen LogP contribution in [0, 0.1) is 0 Å². The zero-order chi connectivity index (χ0) is 16.4. The molecule has 0 saturated heterocycles. The van der Waals surface area contributed by atoms with Gasteiger partial charge in [-0.05, 0) is 12.1 Å². The summed E-state index contributed by atoms with van der Waals surface area (Å²) in [5.41, 5.74) is 1.86. The fourth-order valence-electron chi connectivity index (χ4n) is 2.11. The molecule has 0 amide bonds. The van der Waals surface area contributed by atoms with E-state index in [-0.39, 0.29) is 10.7 Å². The van der Waals surface area contributed by atoms with Gasteiger partial charge < -0.3 is 0 Å². The maximum absolute atomic E-state index is 12.4. The van der Waals surface area contributed by atoms with Gasteiger partial charge in [0.2, 0.25) is 5.78 Å². The maximum Gasteiger partial charge on any atom is 0.221 e. The molecular formula is C17H13NO3S2. The second-order valence-electron chi connectivity index (χ2n) is 5.03. The van der Waals surface area contributed by atoms with E-state index in [1.54, 1.807) is 53.9 Å². The van der Waals surface area contributed by atoms with Crippen molar-refractivity contribution in [3.05, 3.63) is 70.5 Å². The molecule has 0 aliphatic carbocycles. The second kappa shape index (κ2) is 6.06. The number of nitrogens with zero attached hydrogens (tertiary/aromatic N) is 1. The van der Waals surface area contributed by atoms with E-state index < -0.39 is 9.84 Å². The first kappa shape index (κ1) is 15.6. The number of benzene rings is 2. The number of thiazole rings is 1. The first-order valence-corrected chi connectivity index (χ1v) is 9.58. The molecule has 1 heterocycles. The van der Waals surface area contributed by atoms with Crippen molar-refractivity contribution in [3.8, 4) is 11.3 Å². The van der Waals surface area contributed by atoms with E-state index in [0.29, 0.717) is 21.8 Å². The molecule has 2 aromatic carbocycles. The van der Waals surface area contributed by atoms with Crippen LogP contribution in [0.1, 0.15) is 15.4 Å². The SMILES string of the molecule is CS(=O)(=O)c1cccc(-c2csc(C(=O)c3ccccc3)n2)c1. The summed E-state index contributed by atoms with van der Waals surface area (Å²) in [6.07, 6.45) is 1.16. The van der Waals surface area contributed by atoms with E-state index in [1.165, 1.54) is 11.3 Å². The minimum atomic E-state index is -3.28. The number of hydrogen-bond acceptors (Lipinski definition) is 5. The molecule has 0 unspecified atom stereocenters. The van der Waals surface area contributed by atoms with Crippen LogP contribution in [0.5, 0.6) is 0 Å². The summed E-state index contributed by atoms with van der Waals surface area (Å²) in [7, 11) is -3.28. The molecule has 3 rings (SSSR count). The molecule has 0 aliphatic heterocycles. The van der Waals surface area contributed by atoms with Crippen LogP contribution in [0.2, 0.25) is 0 Å². The van der Waals surface area contributed by atoms with Crippen LogP contribution < -0.4 is 0 Å². The standard InChI is InChI=1S/C17H13NO3S2/c1-23(20,21)14-9-5-8-13(10-14)15-11-22-17(18-15)16(19)12-6-3-2-4-7-12/h2-11H,1H3. The van der Waals surface area contributed by atoms with Crippen LogP contribution in [-0.4, -0.2) is 25.4 Å². The predicted molar refractivity (Wildman–Crippen MR) is 90.5 cm³/mol. The Morgan fingerprint density at radius 3 is 2.48 bits per heavy atom. The third-order valence-corrected chi connectivity index (χ3v) is 5.24. The topological polar surface area (TPSA) is 64.1 Å². The number of rotatable bonds is 4. The molecule has 23 heavy (non-hydrogen) atoms. The molecule has 1 aromatic heterocycles. The van der Waals surface area contributed by atoms with Gasteiger partial charge in [-0.1, -0.05) is 42.5 Å². The van der Waals surface area contributed by atoms with Crippen molar-refractivity contribution in [1.29, 1.82) is 0 Å². The van der Waals surface area contributed by atoms with Crippen molar-refractivity contribution >= 4 is 27.0 Å². The van der Waals surface area contributed by atoms with Crippen LogP contribution in [0.3, 0.4) is 0 Å². The average Bonchev–Trinajstić information content (AvgIpc) is 3.04. The quantitative estimate of drug-likeness (QED) is 0.681. The summed E-state index contributed by atoms with van der Waals surface area (Å²) in [6.45, 7) is 0. The van der Waals surface area contributed by atoms with Crippen LogP contribution in [0.25, 0.3) is 11.3 Å². The average molecular weight is 343 g/mol. The smallest absolute Gasteiger partial charge is 0.221 e. The molecule has 3 aromatic rings. The zero-order valence-corrected chi connectivity index (χ0v) is 13.9. The van der Waals surface area contributed by atoms with Crippen molar-refractivity contribution in [3.63, 3.8) is 0 Å². The first-order valence-electron chi connectivity index (χ1n) is 6.81. The minimum absolute atomic E-state index is 0.138. The lowest BCUT2D eigenvalue weighted by atomic mass is 10.1. The highest BCUT2D eigenvalue weighted by molar-refractivity contribution is 7.90. The Morgan fingerprint density at radius 2 is 1.78 bits per heavy atom. The van der Waals surface area contributed by atoms with Gasteiger partial charge in [0.1, 0.15) is 0 Å². The lowest BCUT2D eigenvalue weighted by molar-refractivity contribution is 0.103. The number of sulfone groups is 1. The summed E-state index contributed by atoms with van der Waals surface area (Å²) in [5, 5.41) is 2.15. The van der Waals surface area contributed by atoms with Crippen molar-refractivity contribution in [1.82, 2.24) is 4.98 Å². The highest BCUT2D eigenvalue weighted by Crippen LogP contribution is 2.25. The highest BCUT2D eigenvalue weighted by atomic mass is 32.2. The van der Waals surface area contributed by atoms with Gasteiger partial charge in [-0.2, -0.15) is 0 Å². The van der Waals surface area contributed by atoms with Crippen molar-refractivity contribution in [2.75, 3.05) is 6.26 Å². The van der Waals surface area contributed by atoms with Crippen LogP contribution in [0.4, 0.5) is 0 Å². The van der Waals surface area contributed by atoms with Crippen LogP contribution in [0.15, 0.2) is 64.9 Å². The van der Waals surface area contributed by atoms with Gasteiger partial charge in [-0.3, -0.25) is 4.79 Å². The third kappa shape index (κ3) is 3.38. The molecule has 0 aliphatic rings. The number of carbonyl (C=O) groups excluding carboxylic acids is 1. The largest absolute Gasteiger partial charge is 0.286 e. The normalized spacial score (nSPS) is 11.3. The van der Waals surface area contributed by atoms with E-state index in [9.17, 15) is 13.2 Å². The summed E-state index contributed by atoms with van der Waals surface area (Å²) < 4.78 is 23.3. The van der Waals surface area contributed by atoms with Gasteiger partial charge in [-0.15, -0.1) is 11.3 Å². The monoisotopic (exact) mass is 343 g/mol. The molecule has 0 atom stereocenters. The van der Waals surface area contributed by atoms with Gasteiger partial charge >= 0.3 is 0 Å². The lowest BCUT2D eigenvalue weighted by Gasteiger charge is -2.01. The molecule has 4 nitrogen and oxygen atoms in total. The summed E-state index contributed by atoms with van der Waals surface area (Å²) in [6, 6.07) is 15.5. The first-order chi connectivity index (χ1) is 10.9. The maximum atomic E-state index is 12.4. The fourth-order valence-corrected chi connectivity index (χ4v) is 3.56. The van der Waals surface area contributed by atoms with Crippen molar-refractivity contribution in [2.24, 2.45) is 0 Å². The van der Waals surface area contributed by atoms with Crippen molar-refractivity contribution < 1.29 is 13.2 Å². The Balaban J connectivity index is 1.95. The molecule has 0 N–H and O–H groups in total. The summed E-state index contributed by atoms with van der Waals surface area (Å²) in [4.78, 5) is 17.0. The highest BCUT2D eigenvalue weighted by Gasteiger charge is 2.15. The Hall–Kier alpha value is -2.31. The molecule has 6 heteroatoms. The Labute approximate surface area is 138 Å². The number of ketones is 1. The number of hydrogen-bond donors (Lipinski definition) is 0. The van der Waals surface area contributed by atoms with E-state index in [4.69, 9.17) is 0 Å². The third-order valence-electron chi connectivity index (χ3n) is 3.29. The van der Waals surface area contributed by atoms with E-state index in [1.807, 2.05) is 6.07 Å². The minimum Gasteiger partial charge on any atom is -0.286 e. The van der Waals surface area contributed by atoms with Crippen LogP contribution in [-0.2, 0) is 9.84 Å². The summed E-state index contributed by atoms with van der Waals surface area (Å²) in [5.74, 6) is -0.138. The second-order valence-corrected chi connectivity index (χ2v) is 7.91. The Bertz CT molecular complexity index is 960. The van der Waals surface area contributed by atoms with Crippen molar-refractivity contribution in [2.45, 2.75) is 4.90 Å². The molecular weight excluding hydrogens is 330 g/mol. The van der Waals surface area contributed by atoms with Gasteiger partial charge in [0, 0.05) is 22.8 Å². The molecule has 0 bridgehead atoms. The van der Waals surface area contributed by atoms with E-state index >= 15 is 0 Å². The Kier molecular flexibility index (Phi) is 4.11. The van der Waals surface area contributed by atoms with E-state index in [0.717, 1.165) is 6.26 Å². The fraction of sp³-hybridized carbons (Fsp3) is 0.0588. The Morgan fingerprint density at radius 1 is 1.04 bits per heavy atom. The number of carbonyl (C=O) groups is 1. The molecule has 116 valence electrons. The van der Waals surface area contributed by atoms with Gasteiger partial charge in [0.15, 0.2) is 14.8 Å². The molecule has 0 fully saturated rings. The number of aromatic nitrogens is 1. The van der Waals surface area contributed by atoms with Gasteiger partial charge in [-0.25, -0.2) is 13.4 Å². The molecule has 0 radical (unpaired) electrons. The van der Waals surface area contributed by atoms with Gasteiger partial charge in [0.05, 0.1) is 10.6 Å². The molecule has 0 saturated carbocycles. The molecule has 0 spiro atoms. The zero-order valence-electron chi connectivity index (χ0n) is 12.3. The van der Waals surface area contributed by atoms with Gasteiger partial charge in [0.25, 0.3) is 0 Å². The lowest BCUT2D eigenvalue weighted by Crippen LogP contribution is -2.00. The van der Waals surface area contributed by atoms with E-state index in [2.05, 4.69) is 4.98 Å². The van der Waals surface area contributed by atoms with Crippen LogP contribution >= 0.6 is 11.3 Å². The summed E-state index contributed by atoms with van der Waals surface area (Å²) >= 11 is 1.25. The predicted octanol–water partition coefficient (Wildman–Crippen LogP) is 3.44.